The fourth-order valence-electron chi connectivity index (χ4n) is 1.83. The summed E-state index contributed by atoms with van der Waals surface area (Å²) in [7, 11) is 0. The zero-order chi connectivity index (χ0) is 14.5. The van der Waals surface area contributed by atoms with E-state index in [1.54, 1.807) is 6.08 Å². The van der Waals surface area contributed by atoms with Gasteiger partial charge in [0, 0.05) is 27.5 Å². The molecular weight excluding hydrogens is 314 g/mol. The average Bonchev–Trinajstić information content (AvgIpc) is 2.39. The van der Waals surface area contributed by atoms with E-state index in [0.717, 1.165) is 21.4 Å². The van der Waals surface area contributed by atoms with E-state index >= 15 is 0 Å². The summed E-state index contributed by atoms with van der Waals surface area (Å²) in [5.74, 6) is 0.00463. The first kappa shape index (κ1) is 14.5. The van der Waals surface area contributed by atoms with E-state index in [2.05, 4.69) is 21.2 Å². The Morgan fingerprint density at radius 1 is 1.15 bits per heavy atom. The van der Waals surface area contributed by atoms with Gasteiger partial charge in [0.1, 0.15) is 0 Å². The highest BCUT2D eigenvalue weighted by Crippen LogP contribution is 2.17. The van der Waals surface area contributed by atoms with E-state index in [-0.39, 0.29) is 5.78 Å². The zero-order valence-electron chi connectivity index (χ0n) is 11.5. The van der Waals surface area contributed by atoms with Crippen LogP contribution in [0.5, 0.6) is 0 Å². The minimum atomic E-state index is 0.00463. The van der Waals surface area contributed by atoms with Gasteiger partial charge in [0.15, 0.2) is 5.78 Å². The van der Waals surface area contributed by atoms with Gasteiger partial charge in [0.05, 0.1) is 0 Å². The predicted octanol–water partition coefficient (Wildman–Crippen LogP) is 4.96. The van der Waals surface area contributed by atoms with Crippen molar-refractivity contribution in [1.29, 1.82) is 0 Å². The molecule has 2 aromatic rings. The number of carbonyl (C=O) groups is 1. The van der Waals surface area contributed by atoms with Crippen LogP contribution >= 0.6 is 15.9 Å². The molecule has 0 amide bonds. The number of aryl methyl sites for hydroxylation is 1. The number of rotatable bonds is 4. The van der Waals surface area contributed by atoms with Gasteiger partial charge in [-0.15, -0.1) is 0 Å². The molecule has 2 aromatic carbocycles. The van der Waals surface area contributed by atoms with Crippen molar-refractivity contribution in [2.24, 2.45) is 0 Å². The Bertz CT molecular complexity index is 644. The van der Waals surface area contributed by atoms with E-state index in [1.165, 1.54) is 0 Å². The highest BCUT2D eigenvalue weighted by atomic mass is 79.9. The summed E-state index contributed by atoms with van der Waals surface area (Å²) in [5.41, 5.74) is 3.61. The van der Waals surface area contributed by atoms with Gasteiger partial charge in [-0.1, -0.05) is 51.8 Å². The quantitative estimate of drug-likeness (QED) is 0.634. The van der Waals surface area contributed by atoms with Crippen molar-refractivity contribution in [2.45, 2.75) is 13.8 Å². The van der Waals surface area contributed by atoms with E-state index in [4.69, 9.17) is 0 Å². The zero-order valence-corrected chi connectivity index (χ0v) is 13.1. The average molecular weight is 330 g/mol. The third-order valence-corrected chi connectivity index (χ3v) is 3.34. The minimum Gasteiger partial charge on any atom is -0.359 e. The first-order valence-corrected chi connectivity index (χ1v) is 7.16. The molecule has 0 aliphatic rings. The molecule has 0 spiro atoms. The van der Waals surface area contributed by atoms with Gasteiger partial charge in [0.25, 0.3) is 0 Å². The normalized spacial score (nSPS) is 11.2. The topological polar surface area (TPSA) is 29.1 Å². The molecule has 0 heterocycles. The fourth-order valence-corrected chi connectivity index (χ4v) is 2.23. The molecule has 0 bridgehead atoms. The van der Waals surface area contributed by atoms with Crippen LogP contribution in [0.1, 0.15) is 22.8 Å². The Labute approximate surface area is 127 Å². The summed E-state index contributed by atoms with van der Waals surface area (Å²) >= 11 is 3.42. The van der Waals surface area contributed by atoms with Crippen molar-refractivity contribution in [2.75, 3.05) is 5.32 Å². The van der Waals surface area contributed by atoms with Gasteiger partial charge < -0.3 is 5.32 Å². The third-order valence-electron chi connectivity index (χ3n) is 2.85. The van der Waals surface area contributed by atoms with Crippen molar-refractivity contribution in [3.05, 3.63) is 75.9 Å². The Hall–Kier alpha value is -1.87. The molecule has 0 fully saturated rings. The Kier molecular flexibility index (Phi) is 4.74. The van der Waals surface area contributed by atoms with Crippen LogP contribution in [0.2, 0.25) is 0 Å². The highest BCUT2D eigenvalue weighted by molar-refractivity contribution is 9.10. The third kappa shape index (κ3) is 4.07. The number of allylic oxidation sites excluding steroid dienone is 2. The molecule has 0 unspecified atom stereocenters. The number of anilines is 1. The smallest absolute Gasteiger partial charge is 0.187 e. The molecule has 2 rings (SSSR count). The highest BCUT2D eigenvalue weighted by Gasteiger charge is 2.03. The summed E-state index contributed by atoms with van der Waals surface area (Å²) < 4.78 is 1.00. The Balaban J connectivity index is 2.10. The predicted molar refractivity (Wildman–Crippen MR) is 87.0 cm³/mol. The number of halogens is 1. The Morgan fingerprint density at radius 3 is 2.50 bits per heavy atom. The van der Waals surface area contributed by atoms with Crippen LogP contribution < -0.4 is 5.32 Å². The first-order valence-electron chi connectivity index (χ1n) is 6.36. The minimum absolute atomic E-state index is 0.00463. The largest absolute Gasteiger partial charge is 0.359 e. The fraction of sp³-hybridized carbons (Fsp3) is 0.118. The molecule has 0 saturated carbocycles. The number of nitrogens with one attached hydrogen (secondary N) is 1. The molecule has 0 aliphatic heterocycles. The van der Waals surface area contributed by atoms with Gasteiger partial charge in [-0.25, -0.2) is 0 Å². The van der Waals surface area contributed by atoms with Crippen molar-refractivity contribution in [1.82, 2.24) is 0 Å². The van der Waals surface area contributed by atoms with Crippen LogP contribution in [0, 0.1) is 6.92 Å². The molecule has 0 saturated heterocycles. The van der Waals surface area contributed by atoms with Crippen LogP contribution in [0.15, 0.2) is 64.8 Å². The molecular formula is C17H16BrNO. The number of hydrogen-bond acceptors (Lipinski definition) is 2. The van der Waals surface area contributed by atoms with Gasteiger partial charge in [0.2, 0.25) is 0 Å². The summed E-state index contributed by atoms with van der Waals surface area (Å²) in [6.45, 7) is 3.89. The summed E-state index contributed by atoms with van der Waals surface area (Å²) in [6, 6.07) is 15.4. The molecule has 102 valence electrons. The maximum absolute atomic E-state index is 12.1. The maximum Gasteiger partial charge on any atom is 0.187 e. The van der Waals surface area contributed by atoms with Gasteiger partial charge in [-0.2, -0.15) is 0 Å². The van der Waals surface area contributed by atoms with Crippen molar-refractivity contribution in [3.8, 4) is 0 Å². The second-order valence-electron chi connectivity index (χ2n) is 4.69. The summed E-state index contributed by atoms with van der Waals surface area (Å²) in [4.78, 5) is 12.1. The lowest BCUT2D eigenvalue weighted by Gasteiger charge is -2.07. The van der Waals surface area contributed by atoms with Crippen molar-refractivity contribution >= 4 is 27.4 Å². The van der Waals surface area contributed by atoms with Crippen molar-refractivity contribution in [3.63, 3.8) is 0 Å². The SMILES string of the molecule is CC(=CC(=O)c1ccc(C)cc1)Nc1cccc(Br)c1. The standard InChI is InChI=1S/C17H16BrNO/c1-12-6-8-14(9-7-12)17(20)10-13(2)19-16-5-3-4-15(18)11-16/h3-11,19H,1-2H3. The van der Waals surface area contributed by atoms with Crippen LogP contribution in [-0.2, 0) is 0 Å². The second-order valence-corrected chi connectivity index (χ2v) is 5.61. The molecule has 20 heavy (non-hydrogen) atoms. The molecule has 1 N–H and O–H groups in total. The van der Waals surface area contributed by atoms with Crippen LogP contribution in [-0.4, -0.2) is 5.78 Å². The summed E-state index contributed by atoms with van der Waals surface area (Å²) in [6.07, 6.45) is 1.62. The molecule has 0 aliphatic carbocycles. The number of benzene rings is 2. The monoisotopic (exact) mass is 329 g/mol. The molecule has 3 heteroatoms. The molecule has 0 radical (unpaired) electrons. The lowest BCUT2D eigenvalue weighted by atomic mass is 10.1. The lowest BCUT2D eigenvalue weighted by molar-refractivity contribution is 0.104. The van der Waals surface area contributed by atoms with Crippen LogP contribution in [0.25, 0.3) is 0 Å². The number of hydrogen-bond donors (Lipinski definition) is 1. The van der Waals surface area contributed by atoms with Gasteiger partial charge >= 0.3 is 0 Å². The van der Waals surface area contributed by atoms with E-state index in [1.807, 2.05) is 62.4 Å². The summed E-state index contributed by atoms with van der Waals surface area (Å²) in [5, 5.41) is 3.21. The number of ketones is 1. The maximum atomic E-state index is 12.1. The first-order chi connectivity index (χ1) is 9.54. The van der Waals surface area contributed by atoms with Crippen LogP contribution in [0.3, 0.4) is 0 Å². The number of carbonyl (C=O) groups excluding carboxylic acids is 1. The van der Waals surface area contributed by atoms with Gasteiger partial charge in [-0.05, 0) is 32.0 Å². The van der Waals surface area contributed by atoms with E-state index < -0.39 is 0 Å². The molecule has 2 nitrogen and oxygen atoms in total. The second kappa shape index (κ2) is 6.53. The van der Waals surface area contributed by atoms with E-state index in [9.17, 15) is 4.79 Å². The lowest BCUT2D eigenvalue weighted by Crippen LogP contribution is -2.01. The van der Waals surface area contributed by atoms with E-state index in [0.29, 0.717) is 5.56 Å². The van der Waals surface area contributed by atoms with Crippen LogP contribution in [0.4, 0.5) is 5.69 Å². The molecule has 0 aromatic heterocycles. The van der Waals surface area contributed by atoms with Gasteiger partial charge in [-0.3, -0.25) is 4.79 Å². The van der Waals surface area contributed by atoms with Crippen molar-refractivity contribution < 1.29 is 4.79 Å². The Morgan fingerprint density at radius 2 is 1.85 bits per heavy atom. The molecule has 0 atom stereocenters.